The highest BCUT2D eigenvalue weighted by Crippen LogP contribution is 2.49. The van der Waals surface area contributed by atoms with Crippen LogP contribution in [0.25, 0.3) is 0 Å². The molecule has 2 aliphatic rings. The van der Waals surface area contributed by atoms with Gasteiger partial charge in [0, 0.05) is 18.4 Å². The van der Waals surface area contributed by atoms with E-state index in [2.05, 4.69) is 12.0 Å². The first-order chi connectivity index (χ1) is 13.2. The summed E-state index contributed by atoms with van der Waals surface area (Å²) in [4.78, 5) is 13.0. The van der Waals surface area contributed by atoms with E-state index in [0.717, 1.165) is 0 Å². The van der Waals surface area contributed by atoms with E-state index in [1.165, 1.54) is 0 Å². The number of nitrogens with two attached hydrogens (primary N) is 1. The zero-order valence-corrected chi connectivity index (χ0v) is 16.9. The van der Waals surface area contributed by atoms with Gasteiger partial charge in [-0.15, -0.1) is 6.42 Å². The first kappa shape index (κ1) is 20.1. The number of allylic oxidation sites excluding steroid dienone is 3. The Morgan fingerprint density at radius 3 is 2.57 bits per heavy atom. The van der Waals surface area contributed by atoms with Crippen LogP contribution in [0.4, 0.5) is 0 Å². The number of carbonyl (C=O) groups excluding carboxylic acids is 1. The standard InChI is InChI=1S/C21H18Cl2N2O3/c1-4-5-27-19-13(22)6-11(7-14(19)23)17-12(10-24)20(25)28-16-9-21(2,3)8-15(26)18(16)17/h1,6-7,17H,5,8-9,25H2,2-3H3/t17-/m1/s1. The maximum atomic E-state index is 13.0. The third-order valence-corrected chi connectivity index (χ3v) is 5.29. The molecule has 1 heterocycles. The number of halogens is 2. The van der Waals surface area contributed by atoms with Crippen molar-refractivity contribution in [3.8, 4) is 24.2 Å². The Morgan fingerprint density at radius 1 is 1.36 bits per heavy atom. The lowest BCUT2D eigenvalue weighted by atomic mass is 9.70. The number of rotatable bonds is 3. The van der Waals surface area contributed by atoms with Gasteiger partial charge >= 0.3 is 0 Å². The van der Waals surface area contributed by atoms with E-state index in [0.29, 0.717) is 29.7 Å². The van der Waals surface area contributed by atoms with Gasteiger partial charge in [-0.1, -0.05) is 43.0 Å². The van der Waals surface area contributed by atoms with Gasteiger partial charge in [0.25, 0.3) is 0 Å². The van der Waals surface area contributed by atoms with Crippen LogP contribution in [0.15, 0.2) is 34.9 Å². The van der Waals surface area contributed by atoms with E-state index in [-0.39, 0.29) is 45.1 Å². The summed E-state index contributed by atoms with van der Waals surface area (Å²) in [7, 11) is 0. The molecule has 0 unspecified atom stereocenters. The first-order valence-electron chi connectivity index (χ1n) is 8.57. The first-order valence-corrected chi connectivity index (χ1v) is 9.33. The fraction of sp³-hybridized carbons (Fsp3) is 0.333. The molecule has 0 radical (unpaired) electrons. The van der Waals surface area contributed by atoms with Crippen LogP contribution < -0.4 is 10.5 Å². The van der Waals surface area contributed by atoms with E-state index in [9.17, 15) is 10.1 Å². The van der Waals surface area contributed by atoms with Crippen molar-refractivity contribution in [1.29, 1.82) is 5.26 Å². The summed E-state index contributed by atoms with van der Waals surface area (Å²) in [5.74, 6) is 2.28. The molecule has 28 heavy (non-hydrogen) atoms. The average molecular weight is 417 g/mol. The van der Waals surface area contributed by atoms with Crippen LogP contribution in [0, 0.1) is 29.1 Å². The molecular formula is C21H18Cl2N2O3. The monoisotopic (exact) mass is 416 g/mol. The molecule has 3 rings (SSSR count). The van der Waals surface area contributed by atoms with Gasteiger partial charge < -0.3 is 15.2 Å². The van der Waals surface area contributed by atoms with Crippen molar-refractivity contribution >= 4 is 29.0 Å². The predicted molar refractivity (Wildman–Crippen MR) is 106 cm³/mol. The van der Waals surface area contributed by atoms with E-state index in [4.69, 9.17) is 44.8 Å². The maximum absolute atomic E-state index is 13.0. The van der Waals surface area contributed by atoms with Crippen molar-refractivity contribution in [2.45, 2.75) is 32.6 Å². The molecule has 2 N–H and O–H groups in total. The molecule has 0 spiro atoms. The number of ether oxygens (including phenoxy) is 2. The van der Waals surface area contributed by atoms with Gasteiger partial charge in [0.15, 0.2) is 11.5 Å². The summed E-state index contributed by atoms with van der Waals surface area (Å²) < 4.78 is 11.1. The van der Waals surface area contributed by atoms with Crippen LogP contribution in [0.3, 0.4) is 0 Å². The summed E-state index contributed by atoms with van der Waals surface area (Å²) >= 11 is 12.7. The minimum atomic E-state index is -0.700. The van der Waals surface area contributed by atoms with Crippen LogP contribution >= 0.6 is 23.2 Å². The molecular weight excluding hydrogens is 399 g/mol. The molecule has 0 saturated heterocycles. The minimum absolute atomic E-state index is 0.00915. The molecule has 0 amide bonds. The SMILES string of the molecule is C#CCOc1c(Cl)cc([C@@H]2C(C#N)=C(N)OC3=C2C(=O)CC(C)(C)C3)cc1Cl. The minimum Gasteiger partial charge on any atom is -0.478 e. The quantitative estimate of drug-likeness (QED) is 0.735. The van der Waals surface area contributed by atoms with Crippen LogP contribution in [-0.4, -0.2) is 12.4 Å². The van der Waals surface area contributed by atoms with Gasteiger partial charge in [-0.3, -0.25) is 4.79 Å². The molecule has 0 aromatic heterocycles. The second-order valence-corrected chi connectivity index (χ2v) is 8.32. The lowest BCUT2D eigenvalue weighted by Gasteiger charge is -2.37. The lowest BCUT2D eigenvalue weighted by molar-refractivity contribution is -0.119. The van der Waals surface area contributed by atoms with Crippen molar-refractivity contribution in [3.63, 3.8) is 0 Å². The van der Waals surface area contributed by atoms with Crippen molar-refractivity contribution in [1.82, 2.24) is 0 Å². The Balaban J connectivity index is 2.16. The number of ketones is 1. The van der Waals surface area contributed by atoms with E-state index in [1.54, 1.807) is 12.1 Å². The number of hydrogen-bond acceptors (Lipinski definition) is 5. The zero-order valence-electron chi connectivity index (χ0n) is 15.4. The molecule has 1 aliphatic carbocycles. The summed E-state index contributed by atoms with van der Waals surface area (Å²) in [6.45, 7) is 3.98. The van der Waals surface area contributed by atoms with Crippen molar-refractivity contribution < 1.29 is 14.3 Å². The highest BCUT2D eigenvalue weighted by atomic mass is 35.5. The molecule has 1 aliphatic heterocycles. The van der Waals surface area contributed by atoms with Gasteiger partial charge in [0.2, 0.25) is 5.88 Å². The number of terminal acetylenes is 1. The number of hydrogen-bond donors (Lipinski definition) is 1. The Hall–Kier alpha value is -2.60. The molecule has 144 valence electrons. The van der Waals surface area contributed by atoms with Gasteiger partial charge in [-0.05, 0) is 23.1 Å². The van der Waals surface area contributed by atoms with E-state index < -0.39 is 5.92 Å². The average Bonchev–Trinajstić information content (AvgIpc) is 2.58. The number of Topliss-reactive ketones (excluding diaryl/α,β-unsaturated/α-hetero) is 1. The van der Waals surface area contributed by atoms with Gasteiger partial charge in [-0.25, -0.2) is 0 Å². The molecule has 0 fully saturated rings. The Labute approximate surface area is 173 Å². The molecule has 0 saturated carbocycles. The van der Waals surface area contributed by atoms with Gasteiger partial charge in [0.05, 0.1) is 16.0 Å². The van der Waals surface area contributed by atoms with Crippen LogP contribution in [0.2, 0.25) is 10.0 Å². The third-order valence-electron chi connectivity index (χ3n) is 4.73. The Bertz CT molecular complexity index is 986. The molecule has 1 aromatic carbocycles. The number of carbonyl (C=O) groups is 1. The molecule has 7 heteroatoms. The van der Waals surface area contributed by atoms with Crippen molar-refractivity contribution in [2.24, 2.45) is 11.1 Å². The molecule has 1 aromatic rings. The normalized spacial score (nSPS) is 20.8. The summed E-state index contributed by atoms with van der Waals surface area (Å²) in [5.41, 5.74) is 6.89. The predicted octanol–water partition coefficient (Wildman–Crippen LogP) is 4.46. The topological polar surface area (TPSA) is 85.3 Å². The number of nitrogens with zero attached hydrogens (tertiary/aromatic N) is 1. The summed E-state index contributed by atoms with van der Waals surface area (Å²) in [5, 5.41) is 10.1. The van der Waals surface area contributed by atoms with E-state index >= 15 is 0 Å². The third kappa shape index (κ3) is 3.56. The second-order valence-electron chi connectivity index (χ2n) is 7.51. The summed E-state index contributed by atoms with van der Waals surface area (Å²) in [6, 6.07) is 5.28. The maximum Gasteiger partial charge on any atom is 0.205 e. The van der Waals surface area contributed by atoms with Crippen molar-refractivity contribution in [2.75, 3.05) is 6.61 Å². The van der Waals surface area contributed by atoms with Gasteiger partial charge in [-0.2, -0.15) is 5.26 Å². The largest absolute Gasteiger partial charge is 0.478 e. The number of benzene rings is 1. The zero-order chi connectivity index (χ0) is 20.6. The lowest BCUT2D eigenvalue weighted by Crippen LogP contribution is -2.33. The van der Waals surface area contributed by atoms with Crippen molar-refractivity contribution in [3.05, 3.63) is 50.5 Å². The summed E-state index contributed by atoms with van der Waals surface area (Å²) in [6.07, 6.45) is 6.09. The molecule has 5 nitrogen and oxygen atoms in total. The molecule has 1 atom stereocenters. The van der Waals surface area contributed by atoms with E-state index in [1.807, 2.05) is 13.8 Å². The van der Waals surface area contributed by atoms with Gasteiger partial charge in [0.1, 0.15) is 24.0 Å². The second kappa shape index (κ2) is 7.43. The number of nitriles is 1. The highest BCUT2D eigenvalue weighted by molar-refractivity contribution is 6.37. The Kier molecular flexibility index (Phi) is 5.35. The van der Waals surface area contributed by atoms with Crippen LogP contribution in [-0.2, 0) is 9.53 Å². The fourth-order valence-corrected chi connectivity index (χ4v) is 4.23. The fourth-order valence-electron chi connectivity index (χ4n) is 3.62. The smallest absolute Gasteiger partial charge is 0.205 e. The highest BCUT2D eigenvalue weighted by Gasteiger charge is 2.43. The molecule has 0 bridgehead atoms. The van der Waals surface area contributed by atoms with Crippen LogP contribution in [0.5, 0.6) is 5.75 Å². The van der Waals surface area contributed by atoms with Crippen LogP contribution in [0.1, 0.15) is 38.2 Å². The Morgan fingerprint density at radius 2 is 2.00 bits per heavy atom.